The minimum atomic E-state index is -0.466. The first kappa shape index (κ1) is 21.6. The van der Waals surface area contributed by atoms with E-state index in [1.165, 1.54) is 11.8 Å². The first-order valence-corrected chi connectivity index (χ1v) is 11.8. The van der Waals surface area contributed by atoms with Gasteiger partial charge < -0.3 is 10.7 Å². The molecule has 6 nitrogen and oxygen atoms in total. The molecule has 0 aliphatic carbocycles. The maximum absolute atomic E-state index is 13.5. The Kier molecular flexibility index (Phi) is 5.83. The summed E-state index contributed by atoms with van der Waals surface area (Å²) in [5.41, 5.74) is 8.30. The second-order valence-electron chi connectivity index (χ2n) is 8.01. The number of hydrogen-bond acceptors (Lipinski definition) is 5. The normalized spacial score (nSPS) is 17.2. The van der Waals surface area contributed by atoms with Gasteiger partial charge in [0.1, 0.15) is 5.25 Å². The van der Waals surface area contributed by atoms with Crippen molar-refractivity contribution in [3.63, 3.8) is 0 Å². The Morgan fingerprint density at radius 3 is 2.55 bits per heavy atom. The summed E-state index contributed by atoms with van der Waals surface area (Å²) in [4.78, 5) is 13.5. The molecule has 2 heterocycles. The highest BCUT2D eigenvalue weighted by Crippen LogP contribution is 2.39. The van der Waals surface area contributed by atoms with Crippen molar-refractivity contribution in [2.45, 2.75) is 30.3 Å². The Hall–Kier alpha value is -3.29. The number of carbonyl (C=O) groups is 1. The maximum atomic E-state index is 13.5. The quantitative estimate of drug-likeness (QED) is 0.401. The lowest BCUT2D eigenvalue weighted by Gasteiger charge is -2.33. The molecule has 0 spiro atoms. The Morgan fingerprint density at radius 2 is 1.79 bits per heavy atom. The van der Waals surface area contributed by atoms with Crippen molar-refractivity contribution in [1.29, 1.82) is 0 Å². The van der Waals surface area contributed by atoms with Gasteiger partial charge >= 0.3 is 0 Å². The molecule has 1 aliphatic heterocycles. The molecule has 0 radical (unpaired) electrons. The standard InChI is InChI=1S/C25H22ClN5OS/c1-15-8-9-16(2)20(14-15)27-24(32)22-21(17-10-12-19(26)13-11-17)30-31-23(28-29-25(31)33-22)18-6-4-3-5-7-18/h3-14,21-22,30H,1-2H3,(H,27,32)/t21-,22+/m1/s1. The zero-order valence-electron chi connectivity index (χ0n) is 18.1. The number of hydrogen-bond donors (Lipinski definition) is 2. The fourth-order valence-electron chi connectivity index (χ4n) is 3.82. The molecule has 1 aromatic heterocycles. The fraction of sp³-hybridized carbons (Fsp3) is 0.160. The molecule has 33 heavy (non-hydrogen) atoms. The number of nitrogens with one attached hydrogen (secondary N) is 2. The van der Waals surface area contributed by atoms with E-state index in [1.807, 2.05) is 91.3 Å². The average molecular weight is 476 g/mol. The molecule has 0 bridgehead atoms. The molecule has 166 valence electrons. The highest BCUT2D eigenvalue weighted by Gasteiger charge is 2.38. The number of benzene rings is 3. The van der Waals surface area contributed by atoms with Crippen molar-refractivity contribution < 1.29 is 4.79 Å². The van der Waals surface area contributed by atoms with Crippen LogP contribution in [0.1, 0.15) is 22.7 Å². The number of carbonyl (C=O) groups excluding carboxylic acids is 1. The van der Waals surface area contributed by atoms with Gasteiger partial charge in [-0.05, 0) is 48.7 Å². The minimum Gasteiger partial charge on any atom is -0.325 e. The Labute approximate surface area is 201 Å². The third kappa shape index (κ3) is 4.34. The summed E-state index contributed by atoms with van der Waals surface area (Å²) in [6.07, 6.45) is 0. The van der Waals surface area contributed by atoms with Gasteiger partial charge in [-0.3, -0.25) is 4.79 Å². The smallest absolute Gasteiger partial charge is 0.240 e. The van der Waals surface area contributed by atoms with Crippen LogP contribution in [0.4, 0.5) is 5.69 Å². The Balaban J connectivity index is 1.52. The van der Waals surface area contributed by atoms with Crippen LogP contribution in [0.5, 0.6) is 0 Å². The lowest BCUT2D eigenvalue weighted by Crippen LogP contribution is -2.41. The number of thioether (sulfide) groups is 1. The van der Waals surface area contributed by atoms with Crippen LogP contribution < -0.4 is 10.7 Å². The molecule has 3 aromatic carbocycles. The molecular formula is C25H22ClN5OS. The number of rotatable bonds is 4. The van der Waals surface area contributed by atoms with Crippen molar-refractivity contribution in [2.24, 2.45) is 0 Å². The second-order valence-corrected chi connectivity index (χ2v) is 9.56. The number of halogens is 1. The van der Waals surface area contributed by atoms with Gasteiger partial charge in [0.15, 0.2) is 5.82 Å². The molecule has 8 heteroatoms. The number of aryl methyl sites for hydroxylation is 2. The van der Waals surface area contributed by atoms with Crippen LogP contribution >= 0.6 is 23.4 Å². The molecule has 4 aromatic rings. The van der Waals surface area contributed by atoms with Crippen LogP contribution in [0.25, 0.3) is 11.4 Å². The molecule has 2 atom stereocenters. The molecule has 0 unspecified atom stereocenters. The molecular weight excluding hydrogens is 454 g/mol. The Bertz CT molecular complexity index is 1310. The number of amides is 1. The van der Waals surface area contributed by atoms with Gasteiger partial charge in [0, 0.05) is 16.3 Å². The van der Waals surface area contributed by atoms with Crippen LogP contribution in [0.3, 0.4) is 0 Å². The number of aromatic nitrogens is 3. The largest absolute Gasteiger partial charge is 0.325 e. The van der Waals surface area contributed by atoms with Crippen molar-refractivity contribution in [1.82, 2.24) is 14.9 Å². The fourth-order valence-corrected chi connectivity index (χ4v) is 5.03. The van der Waals surface area contributed by atoms with Gasteiger partial charge in [-0.25, -0.2) is 4.68 Å². The van der Waals surface area contributed by atoms with Crippen LogP contribution in [0.2, 0.25) is 5.02 Å². The average Bonchev–Trinajstić information content (AvgIpc) is 3.25. The lowest BCUT2D eigenvalue weighted by molar-refractivity contribution is -0.116. The monoisotopic (exact) mass is 475 g/mol. The van der Waals surface area contributed by atoms with E-state index >= 15 is 0 Å². The summed E-state index contributed by atoms with van der Waals surface area (Å²) in [5.74, 6) is 0.599. The van der Waals surface area contributed by atoms with Crippen LogP contribution in [-0.4, -0.2) is 26.0 Å². The summed E-state index contributed by atoms with van der Waals surface area (Å²) in [7, 11) is 0. The first-order chi connectivity index (χ1) is 16.0. The SMILES string of the molecule is Cc1ccc(C)c(NC(=O)[C@H]2Sc3nnc(-c4ccccc4)n3N[C@@H]2c2ccc(Cl)cc2)c1. The van der Waals surface area contributed by atoms with Gasteiger partial charge in [0.05, 0.1) is 6.04 Å². The topological polar surface area (TPSA) is 71.8 Å². The summed E-state index contributed by atoms with van der Waals surface area (Å²) in [6, 6.07) is 23.1. The van der Waals surface area contributed by atoms with E-state index in [1.54, 1.807) is 0 Å². The van der Waals surface area contributed by atoms with E-state index in [2.05, 4.69) is 20.9 Å². The highest BCUT2D eigenvalue weighted by molar-refractivity contribution is 8.00. The third-order valence-electron chi connectivity index (χ3n) is 5.61. The van der Waals surface area contributed by atoms with Crippen LogP contribution in [0.15, 0.2) is 78.0 Å². The molecule has 5 rings (SSSR count). The van der Waals surface area contributed by atoms with Crippen molar-refractivity contribution in [2.75, 3.05) is 10.7 Å². The van der Waals surface area contributed by atoms with Gasteiger partial charge in [0.25, 0.3) is 0 Å². The number of nitrogens with zero attached hydrogens (tertiary/aromatic N) is 3. The van der Waals surface area contributed by atoms with Crippen molar-refractivity contribution in [3.05, 3.63) is 94.5 Å². The Morgan fingerprint density at radius 1 is 1.03 bits per heavy atom. The van der Waals surface area contributed by atoms with Crippen LogP contribution in [0, 0.1) is 13.8 Å². The maximum Gasteiger partial charge on any atom is 0.240 e. The first-order valence-electron chi connectivity index (χ1n) is 10.6. The van der Waals surface area contributed by atoms with E-state index in [4.69, 9.17) is 11.6 Å². The van der Waals surface area contributed by atoms with Crippen molar-refractivity contribution in [3.8, 4) is 11.4 Å². The van der Waals surface area contributed by atoms with Gasteiger partial charge in [-0.2, -0.15) is 0 Å². The zero-order chi connectivity index (χ0) is 22.9. The third-order valence-corrected chi connectivity index (χ3v) is 7.07. The van der Waals surface area contributed by atoms with Crippen LogP contribution in [-0.2, 0) is 4.79 Å². The van der Waals surface area contributed by atoms with E-state index in [9.17, 15) is 4.79 Å². The molecule has 0 saturated heterocycles. The molecule has 1 amide bonds. The second kappa shape index (κ2) is 8.92. The van der Waals surface area contributed by atoms with E-state index < -0.39 is 5.25 Å². The summed E-state index contributed by atoms with van der Waals surface area (Å²) < 4.78 is 1.86. The summed E-state index contributed by atoms with van der Waals surface area (Å²) in [6.45, 7) is 4.00. The van der Waals surface area contributed by atoms with Gasteiger partial charge in [0.2, 0.25) is 11.1 Å². The van der Waals surface area contributed by atoms with Crippen molar-refractivity contribution >= 4 is 35.0 Å². The highest BCUT2D eigenvalue weighted by atomic mass is 35.5. The molecule has 0 saturated carbocycles. The summed E-state index contributed by atoms with van der Waals surface area (Å²) in [5, 5.41) is 12.7. The van der Waals surface area contributed by atoms with Gasteiger partial charge in [-0.15, -0.1) is 10.2 Å². The van der Waals surface area contributed by atoms with E-state index in [0.717, 1.165) is 27.9 Å². The zero-order valence-corrected chi connectivity index (χ0v) is 19.7. The molecule has 2 N–H and O–H groups in total. The number of anilines is 1. The molecule has 0 fully saturated rings. The lowest BCUT2D eigenvalue weighted by atomic mass is 10.0. The van der Waals surface area contributed by atoms with Gasteiger partial charge in [-0.1, -0.05) is 78.0 Å². The van der Waals surface area contributed by atoms with E-state index in [0.29, 0.717) is 16.0 Å². The minimum absolute atomic E-state index is 0.100. The summed E-state index contributed by atoms with van der Waals surface area (Å²) >= 11 is 7.53. The predicted molar refractivity (Wildman–Crippen MR) is 133 cm³/mol. The number of fused-ring (bicyclic) bond motifs is 1. The van der Waals surface area contributed by atoms with E-state index in [-0.39, 0.29) is 11.9 Å². The predicted octanol–water partition coefficient (Wildman–Crippen LogP) is 5.61. The molecule has 1 aliphatic rings.